The van der Waals surface area contributed by atoms with Crippen LogP contribution in [0.4, 0.5) is 18.9 Å². The molecular formula is C18H13F3N2OS. The number of nitriles is 1. The fraction of sp³-hybridized carbons (Fsp3) is 0.222. The van der Waals surface area contributed by atoms with E-state index in [0.717, 1.165) is 17.0 Å². The second-order valence-corrected chi connectivity index (χ2v) is 7.06. The zero-order chi connectivity index (χ0) is 18.2. The van der Waals surface area contributed by atoms with Gasteiger partial charge in [-0.1, -0.05) is 12.1 Å². The van der Waals surface area contributed by atoms with Crippen LogP contribution in [0, 0.1) is 11.3 Å². The number of hydrogen-bond acceptors (Lipinski definition) is 3. The lowest BCUT2D eigenvalue weighted by Crippen LogP contribution is -2.39. The standard InChI is InChI=1S/C18H13F3N2OS/c1-11-17(24)23(15-8-12(9-22)5-6-16(15)25-11)10-13-3-2-4-14(7-13)18(19,20)21/h2-8,11H,10H2,1H3. The van der Waals surface area contributed by atoms with Gasteiger partial charge in [-0.05, 0) is 42.8 Å². The van der Waals surface area contributed by atoms with Crippen LogP contribution in [0.25, 0.3) is 0 Å². The molecule has 25 heavy (non-hydrogen) atoms. The molecule has 0 bridgehead atoms. The monoisotopic (exact) mass is 362 g/mol. The highest BCUT2D eigenvalue weighted by molar-refractivity contribution is 8.00. The molecule has 3 rings (SSSR count). The van der Waals surface area contributed by atoms with Crippen molar-refractivity contribution >= 4 is 23.4 Å². The van der Waals surface area contributed by atoms with Crippen molar-refractivity contribution in [2.24, 2.45) is 0 Å². The van der Waals surface area contributed by atoms with Crippen LogP contribution in [-0.2, 0) is 17.5 Å². The molecule has 0 saturated heterocycles. The molecule has 1 aliphatic heterocycles. The van der Waals surface area contributed by atoms with E-state index in [2.05, 4.69) is 0 Å². The summed E-state index contributed by atoms with van der Waals surface area (Å²) in [5, 5.41) is 8.73. The van der Waals surface area contributed by atoms with E-state index < -0.39 is 11.7 Å². The lowest BCUT2D eigenvalue weighted by Gasteiger charge is -2.32. The number of carbonyl (C=O) groups excluding carboxylic acids is 1. The largest absolute Gasteiger partial charge is 0.416 e. The summed E-state index contributed by atoms with van der Waals surface area (Å²) in [6.07, 6.45) is -4.43. The second kappa shape index (κ2) is 6.45. The number of thioether (sulfide) groups is 1. The predicted molar refractivity (Wildman–Crippen MR) is 89.1 cm³/mol. The zero-order valence-corrected chi connectivity index (χ0v) is 14.0. The van der Waals surface area contributed by atoms with Crippen molar-refractivity contribution in [3.63, 3.8) is 0 Å². The second-order valence-electron chi connectivity index (χ2n) is 5.68. The third-order valence-electron chi connectivity index (χ3n) is 3.89. The van der Waals surface area contributed by atoms with E-state index in [4.69, 9.17) is 5.26 Å². The van der Waals surface area contributed by atoms with Gasteiger partial charge in [-0.25, -0.2) is 0 Å². The molecule has 3 nitrogen and oxygen atoms in total. The molecule has 1 amide bonds. The van der Waals surface area contributed by atoms with Crippen LogP contribution in [0.2, 0.25) is 0 Å². The van der Waals surface area contributed by atoms with Crippen LogP contribution < -0.4 is 4.90 Å². The number of hydrogen-bond donors (Lipinski definition) is 0. The number of halogens is 3. The summed E-state index contributed by atoms with van der Waals surface area (Å²) in [6, 6.07) is 12.0. The molecule has 0 saturated carbocycles. The van der Waals surface area contributed by atoms with E-state index in [1.54, 1.807) is 31.2 Å². The molecule has 0 N–H and O–H groups in total. The van der Waals surface area contributed by atoms with E-state index in [1.807, 2.05) is 6.07 Å². The van der Waals surface area contributed by atoms with Crippen LogP contribution in [0.15, 0.2) is 47.4 Å². The van der Waals surface area contributed by atoms with Crippen molar-refractivity contribution < 1.29 is 18.0 Å². The smallest absolute Gasteiger partial charge is 0.306 e. The van der Waals surface area contributed by atoms with Gasteiger partial charge in [0.15, 0.2) is 0 Å². The molecular weight excluding hydrogens is 349 g/mol. The van der Waals surface area contributed by atoms with E-state index in [1.165, 1.54) is 22.7 Å². The van der Waals surface area contributed by atoms with Crippen LogP contribution in [-0.4, -0.2) is 11.2 Å². The SMILES string of the molecule is CC1Sc2ccc(C#N)cc2N(Cc2cccc(C(F)(F)F)c2)C1=O. The number of amides is 1. The molecule has 0 aliphatic carbocycles. The molecule has 2 aromatic rings. The Bertz CT molecular complexity index is 873. The Balaban J connectivity index is 2.00. The quantitative estimate of drug-likeness (QED) is 0.784. The van der Waals surface area contributed by atoms with Gasteiger partial charge in [-0.2, -0.15) is 18.4 Å². The van der Waals surface area contributed by atoms with Crippen LogP contribution in [0.5, 0.6) is 0 Å². The van der Waals surface area contributed by atoms with E-state index >= 15 is 0 Å². The van der Waals surface area contributed by atoms with Gasteiger partial charge < -0.3 is 4.90 Å². The van der Waals surface area contributed by atoms with Crippen molar-refractivity contribution in [1.82, 2.24) is 0 Å². The van der Waals surface area contributed by atoms with Gasteiger partial charge in [0.1, 0.15) is 0 Å². The molecule has 1 heterocycles. The Labute approximate surface area is 147 Å². The maximum atomic E-state index is 12.9. The fourth-order valence-electron chi connectivity index (χ4n) is 2.67. The summed E-state index contributed by atoms with van der Waals surface area (Å²) >= 11 is 1.38. The van der Waals surface area contributed by atoms with Gasteiger partial charge in [0, 0.05) is 4.90 Å². The number of anilines is 1. The minimum absolute atomic E-state index is 0.0233. The van der Waals surface area contributed by atoms with Crippen molar-refractivity contribution in [3.8, 4) is 6.07 Å². The topological polar surface area (TPSA) is 44.1 Å². The van der Waals surface area contributed by atoms with Gasteiger partial charge in [0.05, 0.1) is 34.7 Å². The summed E-state index contributed by atoms with van der Waals surface area (Å²) in [7, 11) is 0. The van der Waals surface area contributed by atoms with Gasteiger partial charge in [-0.15, -0.1) is 11.8 Å². The summed E-state index contributed by atoms with van der Waals surface area (Å²) < 4.78 is 38.7. The van der Waals surface area contributed by atoms with E-state index in [-0.39, 0.29) is 17.7 Å². The molecule has 0 fully saturated rings. The molecule has 0 radical (unpaired) electrons. The van der Waals surface area contributed by atoms with Crippen molar-refractivity contribution in [3.05, 3.63) is 59.2 Å². The summed E-state index contributed by atoms with van der Waals surface area (Å²) in [5.41, 5.74) is 0.596. The van der Waals surface area contributed by atoms with Gasteiger partial charge in [0.2, 0.25) is 5.91 Å². The van der Waals surface area contributed by atoms with E-state index in [9.17, 15) is 18.0 Å². The average Bonchev–Trinajstić information content (AvgIpc) is 2.58. The lowest BCUT2D eigenvalue weighted by molar-refractivity contribution is -0.137. The van der Waals surface area contributed by atoms with Crippen molar-refractivity contribution in [2.75, 3.05) is 4.90 Å². The third kappa shape index (κ3) is 3.49. The third-order valence-corrected chi connectivity index (χ3v) is 5.05. The van der Waals surface area contributed by atoms with E-state index in [0.29, 0.717) is 16.8 Å². The summed E-state index contributed by atoms with van der Waals surface area (Å²) in [5.74, 6) is -0.190. The van der Waals surface area contributed by atoms with Gasteiger partial charge >= 0.3 is 6.18 Å². The minimum atomic E-state index is -4.43. The molecule has 1 unspecified atom stereocenters. The summed E-state index contributed by atoms with van der Waals surface area (Å²) in [4.78, 5) is 14.9. The van der Waals surface area contributed by atoms with Crippen LogP contribution >= 0.6 is 11.8 Å². The normalized spacial score (nSPS) is 17.2. The van der Waals surface area contributed by atoms with Crippen LogP contribution in [0.1, 0.15) is 23.6 Å². The first-order valence-electron chi connectivity index (χ1n) is 7.48. The maximum Gasteiger partial charge on any atom is 0.416 e. The first-order valence-corrected chi connectivity index (χ1v) is 8.36. The lowest BCUT2D eigenvalue weighted by atomic mass is 10.1. The van der Waals surface area contributed by atoms with Crippen molar-refractivity contribution in [1.29, 1.82) is 5.26 Å². The molecule has 2 aromatic carbocycles. The van der Waals surface area contributed by atoms with Crippen LogP contribution in [0.3, 0.4) is 0 Å². The highest BCUT2D eigenvalue weighted by Gasteiger charge is 2.33. The molecule has 7 heteroatoms. The Morgan fingerprint density at radius 2 is 2.00 bits per heavy atom. The summed E-state index contributed by atoms with van der Waals surface area (Å²) in [6.45, 7) is 1.78. The molecule has 128 valence electrons. The predicted octanol–water partition coefficient (Wildman–Crippen LogP) is 4.60. The number of fused-ring (bicyclic) bond motifs is 1. The van der Waals surface area contributed by atoms with Gasteiger partial charge in [0.25, 0.3) is 0 Å². The Morgan fingerprint density at radius 1 is 1.24 bits per heavy atom. The first kappa shape index (κ1) is 17.4. The highest BCUT2D eigenvalue weighted by atomic mass is 32.2. The molecule has 1 aliphatic rings. The number of rotatable bonds is 2. The maximum absolute atomic E-state index is 12.9. The molecule has 0 aromatic heterocycles. The van der Waals surface area contributed by atoms with Crippen molar-refractivity contribution in [2.45, 2.75) is 29.8 Å². The van der Waals surface area contributed by atoms with Gasteiger partial charge in [-0.3, -0.25) is 4.79 Å². The minimum Gasteiger partial charge on any atom is -0.306 e. The highest BCUT2D eigenvalue weighted by Crippen LogP contribution is 2.40. The fourth-order valence-corrected chi connectivity index (χ4v) is 3.71. The Hall–Kier alpha value is -2.46. The number of benzene rings is 2. The zero-order valence-electron chi connectivity index (χ0n) is 13.2. The number of alkyl halides is 3. The molecule has 1 atom stereocenters. The number of nitrogens with zero attached hydrogens (tertiary/aromatic N) is 2. The average molecular weight is 362 g/mol. The molecule has 0 spiro atoms. The number of carbonyl (C=O) groups is 1. The Kier molecular flexibility index (Phi) is 4.48. The Morgan fingerprint density at radius 3 is 2.68 bits per heavy atom. The first-order chi connectivity index (χ1) is 11.8.